The maximum Gasteiger partial charge on any atom is 0.265 e. The molecule has 0 fully saturated rings. The van der Waals surface area contributed by atoms with Crippen molar-refractivity contribution < 1.29 is 4.79 Å². The number of rotatable bonds is 2. The number of hydrogen-bond donors (Lipinski definition) is 0. The Hall–Kier alpha value is -2.47. The number of aryl methyl sites for hydroxylation is 3. The summed E-state index contributed by atoms with van der Waals surface area (Å²) in [6, 6.07) is 10.4. The lowest BCUT2D eigenvalue weighted by molar-refractivity contribution is 0.0766. The minimum atomic E-state index is 0.101. The largest absolute Gasteiger partial charge is 0.337 e. The van der Waals surface area contributed by atoms with Crippen LogP contribution in [-0.2, 0) is 19.9 Å². The van der Waals surface area contributed by atoms with Crippen molar-refractivity contribution >= 4 is 17.2 Å². The molecule has 1 aliphatic rings. The van der Waals surface area contributed by atoms with Crippen LogP contribution < -0.4 is 0 Å². The van der Waals surface area contributed by atoms with Crippen LogP contribution in [0.15, 0.2) is 30.3 Å². The molecule has 0 bridgehead atoms. The third kappa shape index (κ3) is 2.94. The molecule has 0 radical (unpaired) electrons. The van der Waals surface area contributed by atoms with Crippen molar-refractivity contribution in [2.45, 2.75) is 26.7 Å². The highest BCUT2D eigenvalue weighted by Crippen LogP contribution is 2.29. The van der Waals surface area contributed by atoms with E-state index in [4.69, 9.17) is 5.10 Å². The maximum absolute atomic E-state index is 13.0. The number of carbonyl (C=O) groups is 1. The summed E-state index contributed by atoms with van der Waals surface area (Å²) in [7, 11) is 2.00. The van der Waals surface area contributed by atoms with Crippen LogP contribution in [0.4, 0.5) is 0 Å². The summed E-state index contributed by atoms with van der Waals surface area (Å²) in [6.07, 6.45) is 1.62. The lowest BCUT2D eigenvalue weighted by Crippen LogP contribution is -2.33. The van der Waals surface area contributed by atoms with E-state index < -0.39 is 0 Å². The smallest absolute Gasteiger partial charge is 0.265 e. The van der Waals surface area contributed by atoms with E-state index in [9.17, 15) is 4.79 Å². The van der Waals surface area contributed by atoms with Crippen molar-refractivity contribution in [3.8, 4) is 11.3 Å². The average Bonchev–Trinajstić information content (AvgIpc) is 3.05. The lowest BCUT2D eigenvalue weighted by atomic mass is 10.0. The molecule has 1 amide bonds. The van der Waals surface area contributed by atoms with Gasteiger partial charge in [-0.3, -0.25) is 9.48 Å². The van der Waals surface area contributed by atoms with Gasteiger partial charge < -0.3 is 4.90 Å². The monoisotopic (exact) mass is 366 g/mol. The van der Waals surface area contributed by atoms with Crippen LogP contribution in [0.3, 0.4) is 0 Å². The van der Waals surface area contributed by atoms with Crippen molar-refractivity contribution in [1.29, 1.82) is 0 Å². The Morgan fingerprint density at radius 3 is 2.54 bits per heavy atom. The molecule has 0 unspecified atom stereocenters. The van der Waals surface area contributed by atoms with Crippen molar-refractivity contribution in [2.75, 3.05) is 13.1 Å². The number of fused-ring (bicyclic) bond motifs is 1. The number of nitrogens with zero attached hydrogens (tertiary/aromatic N) is 4. The van der Waals surface area contributed by atoms with E-state index >= 15 is 0 Å². The highest BCUT2D eigenvalue weighted by atomic mass is 32.1. The van der Waals surface area contributed by atoms with E-state index in [2.05, 4.69) is 29.2 Å². The van der Waals surface area contributed by atoms with Crippen LogP contribution in [0.2, 0.25) is 0 Å². The molecule has 3 heterocycles. The van der Waals surface area contributed by atoms with Gasteiger partial charge in [0.1, 0.15) is 4.88 Å². The zero-order chi connectivity index (χ0) is 18.3. The molecule has 0 N–H and O–H groups in total. The van der Waals surface area contributed by atoms with Gasteiger partial charge in [0, 0.05) is 37.7 Å². The second-order valence-corrected chi connectivity index (χ2v) is 7.91. The van der Waals surface area contributed by atoms with Gasteiger partial charge in [0.15, 0.2) is 0 Å². The molecule has 0 aliphatic carbocycles. The number of thiazole rings is 1. The van der Waals surface area contributed by atoms with Crippen molar-refractivity contribution in [3.05, 3.63) is 57.2 Å². The summed E-state index contributed by atoms with van der Waals surface area (Å²) >= 11 is 1.49. The van der Waals surface area contributed by atoms with Crippen LogP contribution in [-0.4, -0.2) is 38.7 Å². The van der Waals surface area contributed by atoms with Crippen LogP contribution >= 0.6 is 11.3 Å². The van der Waals surface area contributed by atoms with E-state index in [1.54, 1.807) is 0 Å². The molecule has 3 aromatic rings. The number of hydrogen-bond acceptors (Lipinski definition) is 4. The zero-order valence-corrected chi connectivity index (χ0v) is 16.1. The quantitative estimate of drug-likeness (QED) is 0.698. The zero-order valence-electron chi connectivity index (χ0n) is 15.3. The number of amides is 1. The maximum atomic E-state index is 13.0. The topological polar surface area (TPSA) is 51.0 Å². The van der Waals surface area contributed by atoms with Crippen LogP contribution in [0.25, 0.3) is 11.3 Å². The molecule has 1 aliphatic heterocycles. The fourth-order valence-corrected chi connectivity index (χ4v) is 4.61. The summed E-state index contributed by atoms with van der Waals surface area (Å²) in [5.41, 5.74) is 5.56. The first kappa shape index (κ1) is 17.0. The van der Waals surface area contributed by atoms with E-state index in [0.29, 0.717) is 13.1 Å². The first-order valence-corrected chi connectivity index (χ1v) is 9.69. The number of aromatic nitrogens is 3. The molecule has 0 saturated carbocycles. The predicted octanol–water partition coefficient (Wildman–Crippen LogP) is 3.40. The predicted molar refractivity (Wildman–Crippen MR) is 104 cm³/mol. The summed E-state index contributed by atoms with van der Waals surface area (Å²) in [4.78, 5) is 20.1. The van der Waals surface area contributed by atoms with Crippen molar-refractivity contribution in [3.63, 3.8) is 0 Å². The van der Waals surface area contributed by atoms with Crippen molar-refractivity contribution in [1.82, 2.24) is 19.7 Å². The van der Waals surface area contributed by atoms with Gasteiger partial charge in [-0.05, 0) is 20.3 Å². The molecular weight excluding hydrogens is 344 g/mol. The number of benzene rings is 1. The minimum absolute atomic E-state index is 0.101. The van der Waals surface area contributed by atoms with Gasteiger partial charge in [0.25, 0.3) is 5.91 Å². The molecule has 134 valence electrons. The normalized spacial score (nSPS) is 14.2. The SMILES string of the molecule is Cc1nc(C)c(C(=O)N2CCc3nn(C)c(-c4ccccc4)c3CC2)s1. The fraction of sp³-hybridized carbons (Fsp3) is 0.350. The molecule has 5 nitrogen and oxygen atoms in total. The third-order valence-corrected chi connectivity index (χ3v) is 5.97. The van der Waals surface area contributed by atoms with E-state index in [1.165, 1.54) is 28.2 Å². The lowest BCUT2D eigenvalue weighted by Gasteiger charge is -2.20. The Morgan fingerprint density at radius 2 is 1.85 bits per heavy atom. The molecular formula is C20H22N4OS. The summed E-state index contributed by atoms with van der Waals surface area (Å²) < 4.78 is 1.98. The Balaban J connectivity index is 1.61. The van der Waals surface area contributed by atoms with Crippen LogP contribution in [0.1, 0.15) is 31.6 Å². The molecule has 0 spiro atoms. The van der Waals surface area contributed by atoms with Crippen molar-refractivity contribution in [2.24, 2.45) is 7.05 Å². The Bertz CT molecular complexity index is 958. The van der Waals surface area contributed by atoms with Gasteiger partial charge in [-0.25, -0.2) is 4.98 Å². The van der Waals surface area contributed by atoms with Gasteiger partial charge in [-0.1, -0.05) is 30.3 Å². The molecule has 26 heavy (non-hydrogen) atoms. The van der Waals surface area contributed by atoms with Gasteiger partial charge in [0.05, 0.1) is 22.1 Å². The summed E-state index contributed by atoms with van der Waals surface area (Å²) in [6.45, 7) is 5.28. The highest BCUT2D eigenvalue weighted by Gasteiger charge is 2.26. The van der Waals surface area contributed by atoms with Crippen LogP contribution in [0.5, 0.6) is 0 Å². The summed E-state index contributed by atoms with van der Waals surface area (Å²) in [5.74, 6) is 0.101. The molecule has 4 rings (SSSR count). The number of carbonyl (C=O) groups excluding carboxylic acids is 1. The van der Waals surface area contributed by atoms with E-state index in [0.717, 1.165) is 34.1 Å². The molecule has 2 aromatic heterocycles. The Kier molecular flexibility index (Phi) is 4.36. The minimum Gasteiger partial charge on any atom is -0.337 e. The van der Waals surface area contributed by atoms with Gasteiger partial charge in [0.2, 0.25) is 0 Å². The second-order valence-electron chi connectivity index (χ2n) is 6.70. The average molecular weight is 366 g/mol. The van der Waals surface area contributed by atoms with Gasteiger partial charge in [-0.15, -0.1) is 11.3 Å². The Morgan fingerprint density at radius 1 is 1.12 bits per heavy atom. The molecule has 1 aromatic carbocycles. The second kappa shape index (κ2) is 6.68. The standard InChI is InChI=1S/C20H22N4OS/c1-13-19(26-14(2)21-13)20(25)24-11-9-16-17(10-12-24)22-23(3)18(16)15-7-5-4-6-8-15/h4-8H,9-12H2,1-3H3. The van der Waals surface area contributed by atoms with E-state index in [-0.39, 0.29) is 5.91 Å². The van der Waals surface area contributed by atoms with Gasteiger partial charge in [-0.2, -0.15) is 5.10 Å². The molecule has 0 atom stereocenters. The first-order valence-electron chi connectivity index (χ1n) is 8.88. The summed E-state index contributed by atoms with van der Waals surface area (Å²) in [5, 5.41) is 5.69. The van der Waals surface area contributed by atoms with E-state index in [1.807, 2.05) is 36.5 Å². The highest BCUT2D eigenvalue weighted by molar-refractivity contribution is 7.13. The first-order chi connectivity index (χ1) is 12.5. The van der Waals surface area contributed by atoms with Crippen LogP contribution in [0, 0.1) is 13.8 Å². The fourth-order valence-electron chi connectivity index (χ4n) is 3.72. The third-order valence-electron chi connectivity index (χ3n) is 4.91. The Labute approximate surface area is 157 Å². The van der Waals surface area contributed by atoms with Gasteiger partial charge >= 0.3 is 0 Å². The molecule has 6 heteroatoms. The molecule has 0 saturated heterocycles.